The van der Waals surface area contributed by atoms with E-state index in [-0.39, 0.29) is 24.4 Å². The Balaban J connectivity index is 3.70. The van der Waals surface area contributed by atoms with Crippen LogP contribution in [0.15, 0.2) is 0 Å². The van der Waals surface area contributed by atoms with Crippen molar-refractivity contribution in [3.05, 3.63) is 0 Å². The van der Waals surface area contributed by atoms with Gasteiger partial charge in [0.05, 0.1) is 5.75 Å². The SMILES string of the molecule is CNS(=O)(=O)CCNC(=O)NC(C)C. The molecule has 0 aromatic heterocycles. The molecule has 0 aliphatic carbocycles. The summed E-state index contributed by atoms with van der Waals surface area (Å²) in [5.41, 5.74) is 0. The highest BCUT2D eigenvalue weighted by molar-refractivity contribution is 7.89. The van der Waals surface area contributed by atoms with Gasteiger partial charge in [-0.15, -0.1) is 0 Å². The van der Waals surface area contributed by atoms with E-state index in [1.54, 1.807) is 0 Å². The third kappa shape index (κ3) is 6.67. The Labute approximate surface area is 84.5 Å². The maximum absolute atomic E-state index is 11.0. The van der Waals surface area contributed by atoms with E-state index in [4.69, 9.17) is 0 Å². The van der Waals surface area contributed by atoms with Crippen molar-refractivity contribution in [1.29, 1.82) is 0 Å². The molecule has 84 valence electrons. The first-order chi connectivity index (χ1) is 6.37. The van der Waals surface area contributed by atoms with Crippen LogP contribution in [0.25, 0.3) is 0 Å². The number of rotatable bonds is 5. The van der Waals surface area contributed by atoms with Gasteiger partial charge in [0.2, 0.25) is 10.0 Å². The van der Waals surface area contributed by atoms with Gasteiger partial charge in [-0.25, -0.2) is 17.9 Å². The molecule has 3 N–H and O–H groups in total. The summed E-state index contributed by atoms with van der Waals surface area (Å²) in [5, 5.41) is 5.02. The third-order valence-electron chi connectivity index (χ3n) is 1.39. The molecule has 0 bridgehead atoms. The quantitative estimate of drug-likeness (QED) is 0.572. The summed E-state index contributed by atoms with van der Waals surface area (Å²) in [5.74, 6) is -0.116. The Kier molecular flexibility index (Phi) is 5.47. The maximum atomic E-state index is 11.0. The second-order valence-corrected chi connectivity index (χ2v) is 5.12. The molecule has 7 heteroatoms. The summed E-state index contributed by atoms with van der Waals surface area (Å²) < 4.78 is 24.0. The Morgan fingerprint density at radius 3 is 2.36 bits per heavy atom. The van der Waals surface area contributed by atoms with Crippen LogP contribution in [0.4, 0.5) is 4.79 Å². The van der Waals surface area contributed by atoms with Crippen molar-refractivity contribution in [3.63, 3.8) is 0 Å². The molecule has 0 rings (SSSR count). The first-order valence-electron chi connectivity index (χ1n) is 4.33. The Morgan fingerprint density at radius 1 is 1.36 bits per heavy atom. The van der Waals surface area contributed by atoms with Gasteiger partial charge in [-0.05, 0) is 20.9 Å². The number of hydrogen-bond acceptors (Lipinski definition) is 3. The van der Waals surface area contributed by atoms with Gasteiger partial charge in [0.15, 0.2) is 0 Å². The van der Waals surface area contributed by atoms with Crippen LogP contribution in [0.5, 0.6) is 0 Å². The van der Waals surface area contributed by atoms with E-state index in [1.165, 1.54) is 7.05 Å². The highest BCUT2D eigenvalue weighted by Gasteiger charge is 2.07. The van der Waals surface area contributed by atoms with E-state index in [9.17, 15) is 13.2 Å². The molecule has 0 atom stereocenters. The average Bonchev–Trinajstić information content (AvgIpc) is 2.02. The second-order valence-electron chi connectivity index (χ2n) is 3.08. The largest absolute Gasteiger partial charge is 0.337 e. The molecule has 0 radical (unpaired) electrons. The number of sulfonamides is 1. The molecular weight excluding hydrogens is 206 g/mol. The average molecular weight is 223 g/mol. The standard InChI is InChI=1S/C7H17N3O3S/c1-6(2)10-7(11)9-4-5-14(12,13)8-3/h6,8H,4-5H2,1-3H3,(H2,9,10,11). The van der Waals surface area contributed by atoms with Crippen LogP contribution in [0, 0.1) is 0 Å². The van der Waals surface area contributed by atoms with Crippen molar-refractivity contribution in [2.75, 3.05) is 19.3 Å². The van der Waals surface area contributed by atoms with Crippen molar-refractivity contribution in [1.82, 2.24) is 15.4 Å². The van der Waals surface area contributed by atoms with Crippen LogP contribution in [-0.4, -0.2) is 39.8 Å². The van der Waals surface area contributed by atoms with Crippen LogP contribution >= 0.6 is 0 Å². The zero-order valence-electron chi connectivity index (χ0n) is 8.62. The topological polar surface area (TPSA) is 87.3 Å². The summed E-state index contributed by atoms with van der Waals surface area (Å²) in [6.45, 7) is 3.75. The summed E-state index contributed by atoms with van der Waals surface area (Å²) >= 11 is 0. The molecule has 0 saturated heterocycles. The lowest BCUT2D eigenvalue weighted by Crippen LogP contribution is -2.42. The van der Waals surface area contributed by atoms with Crippen LogP contribution < -0.4 is 15.4 Å². The van der Waals surface area contributed by atoms with Gasteiger partial charge in [0.25, 0.3) is 0 Å². The van der Waals surface area contributed by atoms with Crippen molar-refractivity contribution in [2.24, 2.45) is 0 Å². The zero-order chi connectivity index (χ0) is 11.2. The molecule has 0 aliphatic rings. The van der Waals surface area contributed by atoms with Gasteiger partial charge in [0.1, 0.15) is 0 Å². The van der Waals surface area contributed by atoms with Crippen molar-refractivity contribution in [3.8, 4) is 0 Å². The summed E-state index contributed by atoms with van der Waals surface area (Å²) in [6.07, 6.45) is 0. The van der Waals surface area contributed by atoms with E-state index in [0.29, 0.717) is 0 Å². The first-order valence-corrected chi connectivity index (χ1v) is 5.98. The number of urea groups is 1. The first kappa shape index (κ1) is 13.2. The van der Waals surface area contributed by atoms with Crippen molar-refractivity contribution >= 4 is 16.1 Å². The fraction of sp³-hybridized carbons (Fsp3) is 0.857. The Hall–Kier alpha value is -0.820. The van der Waals surface area contributed by atoms with Crippen LogP contribution in [0.3, 0.4) is 0 Å². The van der Waals surface area contributed by atoms with E-state index < -0.39 is 10.0 Å². The minimum atomic E-state index is -3.24. The molecule has 6 nitrogen and oxygen atoms in total. The van der Waals surface area contributed by atoms with Gasteiger partial charge < -0.3 is 10.6 Å². The molecule has 14 heavy (non-hydrogen) atoms. The van der Waals surface area contributed by atoms with E-state index >= 15 is 0 Å². The normalized spacial score (nSPS) is 11.4. The summed E-state index contributed by atoms with van der Waals surface area (Å²) in [4.78, 5) is 11.0. The molecule has 0 unspecified atom stereocenters. The van der Waals surface area contributed by atoms with Gasteiger partial charge >= 0.3 is 6.03 Å². The predicted octanol–water partition coefficient (Wildman–Crippen LogP) is -0.757. The highest BCUT2D eigenvalue weighted by atomic mass is 32.2. The fourth-order valence-electron chi connectivity index (χ4n) is 0.714. The van der Waals surface area contributed by atoms with E-state index in [0.717, 1.165) is 0 Å². The molecule has 0 aliphatic heterocycles. The molecule has 0 aromatic rings. The number of nitrogens with one attached hydrogen (secondary N) is 3. The maximum Gasteiger partial charge on any atom is 0.315 e. The predicted molar refractivity (Wildman–Crippen MR) is 54.5 cm³/mol. The van der Waals surface area contributed by atoms with Gasteiger partial charge in [-0.2, -0.15) is 0 Å². The van der Waals surface area contributed by atoms with Gasteiger partial charge in [0, 0.05) is 12.6 Å². The van der Waals surface area contributed by atoms with Gasteiger partial charge in [-0.3, -0.25) is 0 Å². The van der Waals surface area contributed by atoms with Crippen LogP contribution in [-0.2, 0) is 10.0 Å². The zero-order valence-corrected chi connectivity index (χ0v) is 9.44. The van der Waals surface area contributed by atoms with Crippen molar-refractivity contribution in [2.45, 2.75) is 19.9 Å². The van der Waals surface area contributed by atoms with Gasteiger partial charge in [-0.1, -0.05) is 0 Å². The molecular formula is C7H17N3O3S. The lowest BCUT2D eigenvalue weighted by molar-refractivity contribution is 0.239. The highest BCUT2D eigenvalue weighted by Crippen LogP contribution is 1.80. The van der Waals surface area contributed by atoms with E-state index in [1.807, 2.05) is 13.8 Å². The lowest BCUT2D eigenvalue weighted by Gasteiger charge is -2.09. The molecule has 0 heterocycles. The van der Waals surface area contributed by atoms with Crippen LogP contribution in [0.1, 0.15) is 13.8 Å². The number of hydrogen-bond donors (Lipinski definition) is 3. The fourth-order valence-corrected chi connectivity index (χ4v) is 1.29. The number of carbonyl (C=O) groups excluding carboxylic acids is 1. The number of amides is 2. The molecule has 0 fully saturated rings. The molecule has 0 saturated carbocycles. The number of carbonyl (C=O) groups is 1. The molecule has 0 spiro atoms. The summed E-state index contributed by atoms with van der Waals surface area (Å²) in [7, 11) is -1.90. The Morgan fingerprint density at radius 2 is 1.93 bits per heavy atom. The van der Waals surface area contributed by atoms with Crippen molar-refractivity contribution < 1.29 is 13.2 Å². The smallest absolute Gasteiger partial charge is 0.315 e. The van der Waals surface area contributed by atoms with E-state index in [2.05, 4.69) is 15.4 Å². The van der Waals surface area contributed by atoms with Crippen LogP contribution in [0.2, 0.25) is 0 Å². The monoisotopic (exact) mass is 223 g/mol. The molecule has 2 amide bonds. The third-order valence-corrected chi connectivity index (χ3v) is 2.75. The molecule has 0 aromatic carbocycles. The second kappa shape index (κ2) is 5.82. The minimum absolute atomic E-state index is 0.0379. The summed E-state index contributed by atoms with van der Waals surface area (Å²) in [6, 6.07) is -0.317. The minimum Gasteiger partial charge on any atom is -0.337 e. The Bertz CT molecular complexity index is 274. The lowest BCUT2D eigenvalue weighted by atomic mass is 10.4.